The van der Waals surface area contributed by atoms with Crippen LogP contribution in [0.15, 0.2) is 6.07 Å². The third-order valence-electron chi connectivity index (χ3n) is 4.09. The highest BCUT2D eigenvalue weighted by Gasteiger charge is 2.22. The maximum absolute atomic E-state index is 4.78. The maximum Gasteiger partial charge on any atom is 0.135 e. The van der Waals surface area contributed by atoms with Crippen molar-refractivity contribution in [3.05, 3.63) is 11.9 Å². The van der Waals surface area contributed by atoms with E-state index in [2.05, 4.69) is 60.9 Å². The smallest absolute Gasteiger partial charge is 0.135 e. The van der Waals surface area contributed by atoms with Crippen LogP contribution in [0.2, 0.25) is 0 Å². The Balaban J connectivity index is 2.22. The summed E-state index contributed by atoms with van der Waals surface area (Å²) in [6.45, 7) is 12.8. The fourth-order valence-electron chi connectivity index (χ4n) is 2.47. The fourth-order valence-corrected chi connectivity index (χ4v) is 2.47. The Hall–Kier alpha value is -1.36. The Morgan fingerprint density at radius 1 is 1.33 bits per heavy atom. The van der Waals surface area contributed by atoms with Gasteiger partial charge in [-0.2, -0.15) is 0 Å². The van der Waals surface area contributed by atoms with E-state index in [1.165, 1.54) is 0 Å². The van der Waals surface area contributed by atoms with Gasteiger partial charge in [0.25, 0.3) is 0 Å². The Morgan fingerprint density at radius 2 is 2.10 bits per heavy atom. The van der Waals surface area contributed by atoms with Crippen molar-refractivity contribution >= 4 is 11.6 Å². The topological polar surface area (TPSA) is 44.3 Å². The van der Waals surface area contributed by atoms with Crippen LogP contribution in [0.3, 0.4) is 0 Å². The van der Waals surface area contributed by atoms with Crippen molar-refractivity contribution in [3.63, 3.8) is 0 Å². The Labute approximate surface area is 128 Å². The molecule has 1 aromatic heterocycles. The molecule has 0 radical (unpaired) electrons. The standard InChI is InChI=1S/C16H29N5/c1-6-7-17-14-10-15(19-16(18-14)12(2)3)21-9-8-20(5)13(4)11-21/h10,12-13H,6-9,11H2,1-5H3,(H,17,18,19). The van der Waals surface area contributed by atoms with Crippen molar-refractivity contribution in [1.29, 1.82) is 0 Å². The monoisotopic (exact) mass is 291 g/mol. The number of nitrogens with zero attached hydrogens (tertiary/aromatic N) is 4. The first-order valence-corrected chi connectivity index (χ1v) is 8.09. The van der Waals surface area contributed by atoms with Crippen molar-refractivity contribution in [3.8, 4) is 0 Å². The molecule has 118 valence electrons. The number of rotatable bonds is 5. The first-order chi connectivity index (χ1) is 10.0. The first kappa shape index (κ1) is 16.0. The average Bonchev–Trinajstić information content (AvgIpc) is 2.47. The molecule has 21 heavy (non-hydrogen) atoms. The summed E-state index contributed by atoms with van der Waals surface area (Å²) in [5, 5.41) is 3.40. The summed E-state index contributed by atoms with van der Waals surface area (Å²) in [5.74, 6) is 3.29. The van der Waals surface area contributed by atoms with Crippen molar-refractivity contribution < 1.29 is 0 Å². The summed E-state index contributed by atoms with van der Waals surface area (Å²) in [6.07, 6.45) is 1.10. The number of anilines is 2. The molecule has 0 spiro atoms. The van der Waals surface area contributed by atoms with E-state index < -0.39 is 0 Å². The lowest BCUT2D eigenvalue weighted by atomic mass is 10.2. The van der Waals surface area contributed by atoms with E-state index in [1.807, 2.05) is 0 Å². The second-order valence-corrected chi connectivity index (χ2v) is 6.33. The van der Waals surface area contributed by atoms with Gasteiger partial charge in [0.2, 0.25) is 0 Å². The molecule has 1 N–H and O–H groups in total. The molecular formula is C16H29N5. The van der Waals surface area contributed by atoms with E-state index in [4.69, 9.17) is 4.98 Å². The molecule has 1 atom stereocenters. The molecule has 1 aromatic rings. The van der Waals surface area contributed by atoms with Gasteiger partial charge in [-0.15, -0.1) is 0 Å². The second kappa shape index (κ2) is 7.07. The average molecular weight is 291 g/mol. The number of nitrogens with one attached hydrogen (secondary N) is 1. The van der Waals surface area contributed by atoms with Gasteiger partial charge in [-0.25, -0.2) is 9.97 Å². The third kappa shape index (κ3) is 4.06. The van der Waals surface area contributed by atoms with Gasteiger partial charge in [-0.3, -0.25) is 0 Å². The molecule has 5 nitrogen and oxygen atoms in total. The Morgan fingerprint density at radius 3 is 2.71 bits per heavy atom. The molecule has 1 saturated heterocycles. The minimum Gasteiger partial charge on any atom is -0.370 e. The molecule has 0 saturated carbocycles. The highest BCUT2D eigenvalue weighted by molar-refractivity contribution is 5.50. The van der Waals surface area contributed by atoms with Gasteiger partial charge in [-0.1, -0.05) is 20.8 Å². The van der Waals surface area contributed by atoms with Crippen LogP contribution in [-0.4, -0.2) is 54.1 Å². The van der Waals surface area contributed by atoms with Gasteiger partial charge >= 0.3 is 0 Å². The maximum atomic E-state index is 4.78. The van der Waals surface area contributed by atoms with Crippen molar-refractivity contribution in [2.75, 3.05) is 43.4 Å². The highest BCUT2D eigenvalue weighted by atomic mass is 15.3. The van der Waals surface area contributed by atoms with Crippen LogP contribution in [0.5, 0.6) is 0 Å². The Kier molecular flexibility index (Phi) is 5.39. The zero-order chi connectivity index (χ0) is 15.4. The predicted octanol–water partition coefficient (Wildman–Crippen LogP) is 2.56. The molecule has 0 aliphatic carbocycles. The molecule has 0 bridgehead atoms. The minimum atomic E-state index is 0.344. The third-order valence-corrected chi connectivity index (χ3v) is 4.09. The molecule has 1 aliphatic heterocycles. The Bertz CT molecular complexity index is 460. The summed E-state index contributed by atoms with van der Waals surface area (Å²) in [5.41, 5.74) is 0. The van der Waals surface area contributed by atoms with Crippen molar-refractivity contribution in [2.45, 2.75) is 46.1 Å². The van der Waals surface area contributed by atoms with E-state index in [-0.39, 0.29) is 0 Å². The number of piperazine rings is 1. The summed E-state index contributed by atoms with van der Waals surface area (Å²) >= 11 is 0. The van der Waals surface area contributed by atoms with Crippen LogP contribution in [0, 0.1) is 0 Å². The number of aromatic nitrogens is 2. The van der Waals surface area contributed by atoms with Crippen LogP contribution in [0.4, 0.5) is 11.6 Å². The van der Waals surface area contributed by atoms with E-state index >= 15 is 0 Å². The fraction of sp³-hybridized carbons (Fsp3) is 0.750. The summed E-state index contributed by atoms with van der Waals surface area (Å²) in [7, 11) is 2.19. The van der Waals surface area contributed by atoms with E-state index in [9.17, 15) is 0 Å². The predicted molar refractivity (Wildman–Crippen MR) is 89.2 cm³/mol. The summed E-state index contributed by atoms with van der Waals surface area (Å²) in [6, 6.07) is 2.66. The summed E-state index contributed by atoms with van der Waals surface area (Å²) in [4.78, 5) is 14.2. The molecule has 2 heterocycles. The van der Waals surface area contributed by atoms with Crippen LogP contribution in [-0.2, 0) is 0 Å². The van der Waals surface area contributed by atoms with E-state index in [1.54, 1.807) is 0 Å². The van der Waals surface area contributed by atoms with Crippen LogP contribution >= 0.6 is 0 Å². The lowest BCUT2D eigenvalue weighted by Crippen LogP contribution is -2.50. The van der Waals surface area contributed by atoms with Gasteiger partial charge in [0, 0.05) is 44.2 Å². The lowest BCUT2D eigenvalue weighted by Gasteiger charge is -2.38. The lowest BCUT2D eigenvalue weighted by molar-refractivity contribution is 0.233. The summed E-state index contributed by atoms with van der Waals surface area (Å²) < 4.78 is 0. The second-order valence-electron chi connectivity index (χ2n) is 6.33. The van der Waals surface area contributed by atoms with Gasteiger partial charge in [0.1, 0.15) is 17.5 Å². The number of likely N-dealkylation sites (N-methyl/N-ethyl adjacent to an activating group) is 1. The molecule has 0 aromatic carbocycles. The zero-order valence-electron chi connectivity index (χ0n) is 14.1. The normalized spacial score (nSPS) is 20.1. The molecular weight excluding hydrogens is 262 g/mol. The van der Waals surface area contributed by atoms with Gasteiger partial charge in [-0.05, 0) is 20.4 Å². The van der Waals surface area contributed by atoms with Gasteiger partial charge in [0.05, 0.1) is 0 Å². The largest absolute Gasteiger partial charge is 0.370 e. The van der Waals surface area contributed by atoms with Gasteiger partial charge < -0.3 is 15.1 Å². The molecule has 2 rings (SSSR count). The first-order valence-electron chi connectivity index (χ1n) is 8.09. The van der Waals surface area contributed by atoms with Crippen LogP contribution < -0.4 is 10.2 Å². The van der Waals surface area contributed by atoms with Crippen LogP contribution in [0.1, 0.15) is 45.9 Å². The number of hydrogen-bond donors (Lipinski definition) is 1. The van der Waals surface area contributed by atoms with E-state index in [0.717, 1.165) is 50.1 Å². The van der Waals surface area contributed by atoms with E-state index in [0.29, 0.717) is 12.0 Å². The minimum absolute atomic E-state index is 0.344. The van der Waals surface area contributed by atoms with Crippen molar-refractivity contribution in [2.24, 2.45) is 0 Å². The molecule has 5 heteroatoms. The zero-order valence-corrected chi connectivity index (χ0v) is 14.1. The van der Waals surface area contributed by atoms with Gasteiger partial charge in [0.15, 0.2) is 0 Å². The molecule has 1 fully saturated rings. The number of hydrogen-bond acceptors (Lipinski definition) is 5. The molecule has 1 unspecified atom stereocenters. The van der Waals surface area contributed by atoms with Crippen molar-refractivity contribution in [1.82, 2.24) is 14.9 Å². The highest BCUT2D eigenvalue weighted by Crippen LogP contribution is 2.22. The molecule has 1 aliphatic rings. The van der Waals surface area contributed by atoms with Crippen LogP contribution in [0.25, 0.3) is 0 Å². The molecule has 0 amide bonds. The quantitative estimate of drug-likeness (QED) is 0.903. The SMILES string of the molecule is CCCNc1cc(N2CCN(C)C(C)C2)nc(C(C)C)n1.